The third-order valence-electron chi connectivity index (χ3n) is 5.41. The number of carbonyl (C=O) groups is 2. The Balaban J connectivity index is 2.43. The van der Waals surface area contributed by atoms with Crippen LogP contribution in [0.1, 0.15) is 39.2 Å². The van der Waals surface area contributed by atoms with Crippen molar-refractivity contribution in [3.8, 4) is 5.75 Å². The van der Waals surface area contributed by atoms with E-state index in [4.69, 9.17) is 27.9 Å². The maximum Gasteiger partial charge on any atom is 0.244 e. The fraction of sp³-hybridized carbons (Fsp3) is 0.440. The van der Waals surface area contributed by atoms with Crippen LogP contribution in [0.25, 0.3) is 0 Å². The molecule has 2 rings (SSSR count). The minimum atomic E-state index is -3.82. The monoisotopic (exact) mass is 557 g/mol. The van der Waals surface area contributed by atoms with Crippen LogP contribution in [0.2, 0.25) is 10.0 Å². The van der Waals surface area contributed by atoms with E-state index in [1.165, 1.54) is 4.90 Å². The number of benzene rings is 2. The molecule has 0 fully saturated rings. The van der Waals surface area contributed by atoms with Gasteiger partial charge < -0.3 is 15.0 Å². The second kappa shape index (κ2) is 13.7. The number of sulfonamides is 1. The van der Waals surface area contributed by atoms with Crippen LogP contribution in [0.5, 0.6) is 5.75 Å². The molecular formula is C25H33Cl2N3O5S. The topological polar surface area (TPSA) is 96.0 Å². The smallest absolute Gasteiger partial charge is 0.244 e. The van der Waals surface area contributed by atoms with Gasteiger partial charge in [-0.1, -0.05) is 43.1 Å². The highest BCUT2D eigenvalue weighted by atomic mass is 35.5. The number of halogens is 2. The quantitative estimate of drug-likeness (QED) is 0.391. The number of anilines is 1. The first-order valence-corrected chi connectivity index (χ1v) is 14.3. The molecule has 0 aliphatic carbocycles. The van der Waals surface area contributed by atoms with Crippen LogP contribution in [0.15, 0.2) is 42.5 Å². The summed E-state index contributed by atoms with van der Waals surface area (Å²) in [6, 6.07) is 10.5. The van der Waals surface area contributed by atoms with E-state index in [2.05, 4.69) is 5.32 Å². The standard InChI is InChI=1S/C25H33Cl2N3O5S/c1-5-14-28-25(32)23(6-2)29(16-18-8-9-19(26)15-22(18)27)24(31)17-30(36(4,33)34)20-10-12-21(13-11-20)35-7-3/h8-13,15,23H,5-7,14,16-17H2,1-4H3,(H,28,32)/t23-/m0/s1. The largest absolute Gasteiger partial charge is 0.494 e. The van der Waals surface area contributed by atoms with Crippen LogP contribution in [0, 0.1) is 0 Å². The third-order valence-corrected chi connectivity index (χ3v) is 7.13. The van der Waals surface area contributed by atoms with E-state index < -0.39 is 28.5 Å². The Kier molecular flexibility index (Phi) is 11.3. The Morgan fingerprint density at radius 2 is 1.72 bits per heavy atom. The lowest BCUT2D eigenvalue weighted by molar-refractivity contribution is -0.140. The SMILES string of the molecule is CCCNC(=O)[C@H](CC)N(Cc1ccc(Cl)cc1Cl)C(=O)CN(c1ccc(OCC)cc1)S(C)(=O)=O. The zero-order chi connectivity index (χ0) is 26.9. The molecule has 2 aromatic rings. The Morgan fingerprint density at radius 1 is 1.06 bits per heavy atom. The van der Waals surface area contributed by atoms with E-state index >= 15 is 0 Å². The first kappa shape index (κ1) is 29.7. The lowest BCUT2D eigenvalue weighted by Crippen LogP contribution is -2.52. The summed E-state index contributed by atoms with van der Waals surface area (Å²) in [5.41, 5.74) is 0.894. The molecule has 0 bridgehead atoms. The fourth-order valence-electron chi connectivity index (χ4n) is 3.61. The summed E-state index contributed by atoms with van der Waals surface area (Å²) < 4.78 is 31.8. The van der Waals surface area contributed by atoms with Crippen LogP contribution >= 0.6 is 23.2 Å². The highest BCUT2D eigenvalue weighted by Gasteiger charge is 2.32. The lowest BCUT2D eigenvalue weighted by atomic mass is 10.1. The number of ether oxygens (including phenoxy) is 1. The van der Waals surface area contributed by atoms with Crippen LogP contribution < -0.4 is 14.4 Å². The van der Waals surface area contributed by atoms with Crippen molar-refractivity contribution in [1.29, 1.82) is 0 Å². The zero-order valence-corrected chi connectivity index (χ0v) is 23.3. The summed E-state index contributed by atoms with van der Waals surface area (Å²) in [7, 11) is -3.82. The van der Waals surface area contributed by atoms with Gasteiger partial charge in [0.1, 0.15) is 18.3 Å². The van der Waals surface area contributed by atoms with Crippen molar-refractivity contribution in [1.82, 2.24) is 10.2 Å². The zero-order valence-electron chi connectivity index (χ0n) is 21.0. The van der Waals surface area contributed by atoms with Crippen LogP contribution in [-0.4, -0.2) is 57.1 Å². The molecule has 1 atom stereocenters. The Labute approximate surface area is 223 Å². The maximum atomic E-state index is 13.7. The molecule has 36 heavy (non-hydrogen) atoms. The summed E-state index contributed by atoms with van der Waals surface area (Å²) in [5, 5.41) is 3.61. The normalized spacial score (nSPS) is 12.1. The average molecular weight is 559 g/mol. The van der Waals surface area contributed by atoms with E-state index in [9.17, 15) is 18.0 Å². The molecule has 2 aromatic carbocycles. The molecule has 0 radical (unpaired) electrons. The Morgan fingerprint density at radius 3 is 2.25 bits per heavy atom. The van der Waals surface area contributed by atoms with Crippen molar-refractivity contribution in [2.45, 2.75) is 46.2 Å². The van der Waals surface area contributed by atoms with Crippen molar-refractivity contribution in [2.75, 3.05) is 30.3 Å². The van der Waals surface area contributed by atoms with Gasteiger partial charge in [0.05, 0.1) is 18.6 Å². The number of carbonyl (C=O) groups excluding carboxylic acids is 2. The van der Waals surface area contributed by atoms with Gasteiger partial charge in [-0.05, 0) is 61.7 Å². The number of hydrogen-bond acceptors (Lipinski definition) is 5. The summed E-state index contributed by atoms with van der Waals surface area (Å²) in [5.74, 6) is -0.276. The molecule has 0 saturated heterocycles. The second-order valence-electron chi connectivity index (χ2n) is 8.17. The predicted octanol–water partition coefficient (Wildman–Crippen LogP) is 4.49. The summed E-state index contributed by atoms with van der Waals surface area (Å²) in [4.78, 5) is 28.0. The number of rotatable bonds is 13. The molecule has 0 unspecified atom stereocenters. The highest BCUT2D eigenvalue weighted by molar-refractivity contribution is 7.92. The Bertz CT molecular complexity index is 1140. The molecule has 0 aromatic heterocycles. The highest BCUT2D eigenvalue weighted by Crippen LogP contribution is 2.25. The second-order valence-corrected chi connectivity index (χ2v) is 10.9. The fourth-order valence-corrected chi connectivity index (χ4v) is 4.93. The van der Waals surface area contributed by atoms with Gasteiger partial charge in [-0.15, -0.1) is 0 Å². The van der Waals surface area contributed by atoms with Crippen molar-refractivity contribution in [3.63, 3.8) is 0 Å². The van der Waals surface area contributed by atoms with Gasteiger partial charge in [0.25, 0.3) is 0 Å². The molecule has 0 heterocycles. The van der Waals surface area contributed by atoms with Crippen LogP contribution in [0.3, 0.4) is 0 Å². The maximum absolute atomic E-state index is 13.7. The molecule has 198 valence electrons. The first-order chi connectivity index (χ1) is 17.0. The van der Waals surface area contributed by atoms with Gasteiger partial charge in [0.2, 0.25) is 21.8 Å². The van der Waals surface area contributed by atoms with E-state index in [0.29, 0.717) is 46.6 Å². The van der Waals surface area contributed by atoms with Crippen molar-refractivity contribution >= 4 is 50.7 Å². The number of amides is 2. The molecule has 0 spiro atoms. The van der Waals surface area contributed by atoms with Gasteiger partial charge in [-0.2, -0.15) is 0 Å². The summed E-state index contributed by atoms with van der Waals surface area (Å²) in [6.07, 6.45) is 2.09. The first-order valence-electron chi connectivity index (χ1n) is 11.7. The van der Waals surface area contributed by atoms with Gasteiger partial charge in [0.15, 0.2) is 0 Å². The van der Waals surface area contributed by atoms with Crippen molar-refractivity contribution in [3.05, 3.63) is 58.1 Å². The molecule has 0 aliphatic heterocycles. The average Bonchev–Trinajstić information content (AvgIpc) is 2.82. The predicted molar refractivity (Wildman–Crippen MR) is 144 cm³/mol. The summed E-state index contributed by atoms with van der Waals surface area (Å²) >= 11 is 12.4. The Hall–Kier alpha value is -2.49. The van der Waals surface area contributed by atoms with E-state index in [1.807, 2.05) is 13.8 Å². The van der Waals surface area contributed by atoms with Crippen molar-refractivity contribution in [2.24, 2.45) is 0 Å². The van der Waals surface area contributed by atoms with Crippen LogP contribution in [-0.2, 0) is 26.2 Å². The van der Waals surface area contributed by atoms with Crippen LogP contribution in [0.4, 0.5) is 5.69 Å². The third kappa shape index (κ3) is 8.28. The van der Waals surface area contributed by atoms with Gasteiger partial charge in [-0.3, -0.25) is 13.9 Å². The van der Waals surface area contributed by atoms with Gasteiger partial charge in [-0.25, -0.2) is 8.42 Å². The van der Waals surface area contributed by atoms with E-state index in [0.717, 1.165) is 17.0 Å². The molecule has 0 saturated carbocycles. The summed E-state index contributed by atoms with van der Waals surface area (Å²) in [6.45, 7) is 6.01. The van der Waals surface area contributed by atoms with E-state index in [1.54, 1.807) is 49.4 Å². The van der Waals surface area contributed by atoms with E-state index in [-0.39, 0.29) is 12.5 Å². The lowest BCUT2D eigenvalue weighted by Gasteiger charge is -2.33. The molecule has 1 N–H and O–H groups in total. The number of hydrogen-bond donors (Lipinski definition) is 1. The molecular weight excluding hydrogens is 525 g/mol. The molecule has 0 aliphatic rings. The minimum Gasteiger partial charge on any atom is -0.494 e. The molecule has 8 nitrogen and oxygen atoms in total. The van der Waals surface area contributed by atoms with Gasteiger partial charge in [0, 0.05) is 23.1 Å². The molecule has 2 amide bonds. The van der Waals surface area contributed by atoms with Gasteiger partial charge >= 0.3 is 0 Å². The van der Waals surface area contributed by atoms with Crippen molar-refractivity contribution < 1.29 is 22.7 Å². The minimum absolute atomic E-state index is 0.00771. The number of nitrogens with zero attached hydrogens (tertiary/aromatic N) is 2. The molecule has 11 heteroatoms. The number of nitrogens with one attached hydrogen (secondary N) is 1.